The van der Waals surface area contributed by atoms with Gasteiger partial charge in [-0.25, -0.2) is 0 Å². The van der Waals surface area contributed by atoms with Gasteiger partial charge in [-0.3, -0.25) is 9.69 Å². The van der Waals surface area contributed by atoms with Gasteiger partial charge in [0.05, 0.1) is 12.6 Å². The molecule has 0 aromatic carbocycles. The van der Waals surface area contributed by atoms with Crippen molar-refractivity contribution in [2.45, 2.75) is 12.5 Å². The van der Waals surface area contributed by atoms with Crippen molar-refractivity contribution in [3.8, 4) is 0 Å². The van der Waals surface area contributed by atoms with Crippen LogP contribution < -0.4 is 5.32 Å². The summed E-state index contributed by atoms with van der Waals surface area (Å²) in [6, 6.07) is 0.154. The molecule has 3 heteroatoms. The Kier molecular flexibility index (Phi) is 2.40. The van der Waals surface area contributed by atoms with E-state index in [-0.39, 0.29) is 6.04 Å². The number of hydrogen-bond acceptors (Lipinski definition) is 3. The van der Waals surface area contributed by atoms with Gasteiger partial charge < -0.3 is 5.32 Å². The van der Waals surface area contributed by atoms with Gasteiger partial charge in [0.25, 0.3) is 0 Å². The molecule has 1 heterocycles. The van der Waals surface area contributed by atoms with E-state index in [1.165, 1.54) is 0 Å². The molecular weight excluding hydrogens is 128 g/mol. The van der Waals surface area contributed by atoms with Crippen molar-refractivity contribution >= 4 is 5.78 Å². The number of carbonyl (C=O) groups excluding carboxylic acids is 1. The quantitative estimate of drug-likeness (QED) is 0.534. The molecular formula is C7H14N2O. The van der Waals surface area contributed by atoms with Crippen LogP contribution in [0, 0.1) is 0 Å². The normalized spacial score (nSPS) is 27.5. The van der Waals surface area contributed by atoms with E-state index in [1.54, 1.807) is 0 Å². The number of piperidine rings is 1. The second-order valence-corrected chi connectivity index (χ2v) is 2.91. The maximum absolute atomic E-state index is 11.1. The van der Waals surface area contributed by atoms with Gasteiger partial charge >= 0.3 is 0 Å². The molecule has 1 aliphatic heterocycles. The van der Waals surface area contributed by atoms with Crippen molar-refractivity contribution in [3.63, 3.8) is 0 Å². The van der Waals surface area contributed by atoms with Crippen LogP contribution in [0.5, 0.6) is 0 Å². The Morgan fingerprint density at radius 3 is 2.70 bits per heavy atom. The van der Waals surface area contributed by atoms with E-state index >= 15 is 0 Å². The highest BCUT2D eigenvalue weighted by Gasteiger charge is 2.22. The topological polar surface area (TPSA) is 32.3 Å². The number of nitrogens with one attached hydrogen (secondary N) is 1. The lowest BCUT2D eigenvalue weighted by Crippen LogP contribution is -2.47. The lowest BCUT2D eigenvalue weighted by molar-refractivity contribution is -0.123. The molecule has 1 rings (SSSR count). The Morgan fingerprint density at radius 2 is 2.30 bits per heavy atom. The van der Waals surface area contributed by atoms with Gasteiger partial charge in [0, 0.05) is 0 Å². The summed E-state index contributed by atoms with van der Waals surface area (Å²) in [6.45, 7) is 1.51. The molecule has 3 nitrogen and oxygen atoms in total. The Hall–Kier alpha value is -0.410. The molecule has 0 amide bonds. The molecule has 0 saturated carbocycles. The number of nitrogens with zero attached hydrogens (tertiary/aromatic N) is 1. The van der Waals surface area contributed by atoms with Crippen LogP contribution in [0.15, 0.2) is 0 Å². The van der Waals surface area contributed by atoms with Gasteiger partial charge in [-0.1, -0.05) is 0 Å². The first-order valence-corrected chi connectivity index (χ1v) is 3.61. The van der Waals surface area contributed by atoms with Crippen LogP contribution in [-0.2, 0) is 4.79 Å². The molecule has 1 fully saturated rings. The molecule has 1 N–H and O–H groups in total. The van der Waals surface area contributed by atoms with Gasteiger partial charge in [0.1, 0.15) is 0 Å². The molecule has 1 saturated heterocycles. The maximum atomic E-state index is 11.1. The Labute approximate surface area is 61.4 Å². The molecule has 0 aromatic heterocycles. The molecule has 0 radical (unpaired) electrons. The van der Waals surface area contributed by atoms with Crippen LogP contribution >= 0.6 is 0 Å². The van der Waals surface area contributed by atoms with E-state index in [9.17, 15) is 4.79 Å². The number of Topliss-reactive ketones (excluding diaryl/α,β-unsaturated/α-hetero) is 1. The smallest absolute Gasteiger partial charge is 0.163 e. The van der Waals surface area contributed by atoms with E-state index in [2.05, 4.69) is 5.32 Å². The van der Waals surface area contributed by atoms with Crippen molar-refractivity contribution in [1.82, 2.24) is 10.2 Å². The summed E-state index contributed by atoms with van der Waals surface area (Å²) in [7, 11) is 3.90. The number of carbonyl (C=O) groups is 1. The summed E-state index contributed by atoms with van der Waals surface area (Å²) in [4.78, 5) is 13.1. The maximum Gasteiger partial charge on any atom is 0.163 e. The van der Waals surface area contributed by atoms with E-state index in [0.717, 1.165) is 13.0 Å². The number of ketones is 1. The third kappa shape index (κ3) is 1.55. The third-order valence-electron chi connectivity index (χ3n) is 1.89. The highest BCUT2D eigenvalue weighted by molar-refractivity contribution is 5.86. The van der Waals surface area contributed by atoms with E-state index in [1.807, 2.05) is 19.0 Å². The molecule has 58 valence electrons. The molecule has 10 heavy (non-hydrogen) atoms. The minimum Gasteiger partial charge on any atom is -0.310 e. The lowest BCUT2D eigenvalue weighted by atomic mass is 10.0. The summed E-state index contributed by atoms with van der Waals surface area (Å²) >= 11 is 0. The van der Waals surface area contributed by atoms with Gasteiger partial charge in [-0.15, -0.1) is 0 Å². The number of likely N-dealkylation sites (N-methyl/N-ethyl adjacent to an activating group) is 1. The van der Waals surface area contributed by atoms with Gasteiger partial charge in [0.2, 0.25) is 0 Å². The second kappa shape index (κ2) is 3.12. The highest BCUT2D eigenvalue weighted by atomic mass is 16.1. The van der Waals surface area contributed by atoms with Crippen molar-refractivity contribution in [2.75, 3.05) is 27.2 Å². The molecule has 1 atom stereocenters. The zero-order valence-electron chi connectivity index (χ0n) is 6.55. The first kappa shape index (κ1) is 7.69. The van der Waals surface area contributed by atoms with Gasteiger partial charge in [0.15, 0.2) is 5.78 Å². The zero-order valence-corrected chi connectivity index (χ0v) is 6.55. The summed E-state index contributed by atoms with van der Waals surface area (Å²) < 4.78 is 0. The van der Waals surface area contributed by atoms with E-state index < -0.39 is 0 Å². The van der Waals surface area contributed by atoms with Crippen LogP contribution in [0.3, 0.4) is 0 Å². The molecule has 1 unspecified atom stereocenters. The zero-order chi connectivity index (χ0) is 7.56. The van der Waals surface area contributed by atoms with Crippen molar-refractivity contribution in [1.29, 1.82) is 0 Å². The van der Waals surface area contributed by atoms with Crippen molar-refractivity contribution in [2.24, 2.45) is 0 Å². The fraction of sp³-hybridized carbons (Fsp3) is 0.857. The average Bonchev–Trinajstić information content (AvgIpc) is 1.88. The summed E-state index contributed by atoms with van der Waals surface area (Å²) in [6.07, 6.45) is 0.950. The standard InChI is InChI=1S/C7H14N2O/c1-9(2)6-3-4-8-5-7(6)10/h6,8H,3-5H2,1-2H3. The minimum atomic E-state index is 0.154. The molecule has 1 aliphatic rings. The van der Waals surface area contributed by atoms with Gasteiger partial charge in [-0.05, 0) is 27.1 Å². The number of rotatable bonds is 1. The molecule has 0 aliphatic carbocycles. The average molecular weight is 142 g/mol. The highest BCUT2D eigenvalue weighted by Crippen LogP contribution is 2.03. The monoisotopic (exact) mass is 142 g/mol. The number of hydrogen-bond donors (Lipinski definition) is 1. The van der Waals surface area contributed by atoms with Crippen molar-refractivity contribution in [3.05, 3.63) is 0 Å². The first-order chi connectivity index (χ1) is 4.72. The van der Waals surface area contributed by atoms with Crippen molar-refractivity contribution < 1.29 is 4.79 Å². The van der Waals surface area contributed by atoms with E-state index in [4.69, 9.17) is 0 Å². The predicted octanol–water partition coefficient (Wildman–Crippen LogP) is -0.521. The molecule has 0 bridgehead atoms. The van der Waals surface area contributed by atoms with Crippen LogP contribution in [0.1, 0.15) is 6.42 Å². The summed E-state index contributed by atoms with van der Waals surface area (Å²) in [5.74, 6) is 0.316. The molecule has 0 aromatic rings. The summed E-state index contributed by atoms with van der Waals surface area (Å²) in [5.41, 5.74) is 0. The molecule has 0 spiro atoms. The third-order valence-corrected chi connectivity index (χ3v) is 1.89. The fourth-order valence-corrected chi connectivity index (χ4v) is 1.28. The fourth-order valence-electron chi connectivity index (χ4n) is 1.28. The predicted molar refractivity (Wildman–Crippen MR) is 40.0 cm³/mol. The second-order valence-electron chi connectivity index (χ2n) is 2.91. The lowest BCUT2D eigenvalue weighted by Gasteiger charge is -2.26. The van der Waals surface area contributed by atoms with E-state index in [0.29, 0.717) is 12.3 Å². The Bertz CT molecular complexity index is 134. The van der Waals surface area contributed by atoms with Crippen LogP contribution in [0.2, 0.25) is 0 Å². The summed E-state index contributed by atoms with van der Waals surface area (Å²) in [5, 5.41) is 3.04. The Morgan fingerprint density at radius 1 is 1.60 bits per heavy atom. The SMILES string of the molecule is CN(C)C1CCNCC1=O. The largest absolute Gasteiger partial charge is 0.310 e. The van der Waals surface area contributed by atoms with Crippen LogP contribution in [-0.4, -0.2) is 43.9 Å². The first-order valence-electron chi connectivity index (χ1n) is 3.61. The Balaban J connectivity index is 2.48. The van der Waals surface area contributed by atoms with Crippen LogP contribution in [0.4, 0.5) is 0 Å². The van der Waals surface area contributed by atoms with Crippen LogP contribution in [0.25, 0.3) is 0 Å². The van der Waals surface area contributed by atoms with Gasteiger partial charge in [-0.2, -0.15) is 0 Å². The minimum absolute atomic E-state index is 0.154.